The Morgan fingerprint density at radius 3 is 2.73 bits per heavy atom. The van der Waals surface area contributed by atoms with Crippen LogP contribution in [0.25, 0.3) is 0 Å². The van der Waals surface area contributed by atoms with Crippen molar-refractivity contribution < 1.29 is 9.50 Å². The zero-order valence-corrected chi connectivity index (χ0v) is 8.07. The number of nitriles is 1. The first-order valence-electron chi connectivity index (χ1n) is 4.49. The molecule has 5 heteroatoms. The number of rotatable bonds is 3. The molecule has 0 aliphatic heterocycles. The van der Waals surface area contributed by atoms with E-state index in [4.69, 9.17) is 16.7 Å². The number of phenols is 1. The van der Waals surface area contributed by atoms with Crippen LogP contribution in [0.2, 0.25) is 0 Å². The molecule has 1 aromatic carbocycles. The normalized spacial score (nSPS) is 12.1. The van der Waals surface area contributed by atoms with Crippen LogP contribution in [0, 0.1) is 17.1 Å². The molecule has 0 aromatic heterocycles. The third kappa shape index (κ3) is 2.24. The van der Waals surface area contributed by atoms with Crippen LogP contribution in [-0.4, -0.2) is 11.7 Å². The summed E-state index contributed by atoms with van der Waals surface area (Å²) in [4.78, 5) is 0. The molecule has 1 aromatic rings. The second-order valence-electron chi connectivity index (χ2n) is 3.16. The summed E-state index contributed by atoms with van der Waals surface area (Å²) < 4.78 is 13.0. The first-order valence-corrected chi connectivity index (χ1v) is 4.49. The number of nitrogens with two attached hydrogens (primary N) is 2. The molecule has 1 atom stereocenters. The maximum atomic E-state index is 13.0. The minimum Gasteiger partial charge on any atom is -0.506 e. The SMILES string of the molecule is N#Cc1c(F)ccc([C@H](N)CCN)c1O. The van der Waals surface area contributed by atoms with Gasteiger partial charge in [-0.1, -0.05) is 6.07 Å². The second kappa shape index (κ2) is 4.73. The minimum atomic E-state index is -0.751. The van der Waals surface area contributed by atoms with Crippen molar-refractivity contribution in [3.05, 3.63) is 29.1 Å². The lowest BCUT2D eigenvalue weighted by Gasteiger charge is -2.13. The molecule has 0 spiro atoms. The van der Waals surface area contributed by atoms with E-state index in [1.807, 2.05) is 0 Å². The molecule has 5 N–H and O–H groups in total. The molecule has 0 aliphatic rings. The molecule has 0 saturated heterocycles. The van der Waals surface area contributed by atoms with Crippen LogP contribution in [0.1, 0.15) is 23.6 Å². The van der Waals surface area contributed by atoms with Crippen molar-refractivity contribution in [1.29, 1.82) is 5.26 Å². The highest BCUT2D eigenvalue weighted by Crippen LogP contribution is 2.29. The Hall–Kier alpha value is -1.64. The van der Waals surface area contributed by atoms with Gasteiger partial charge in [-0.15, -0.1) is 0 Å². The molecule has 0 heterocycles. The van der Waals surface area contributed by atoms with Crippen LogP contribution in [0.3, 0.4) is 0 Å². The molecule has 15 heavy (non-hydrogen) atoms. The topological polar surface area (TPSA) is 96.1 Å². The summed E-state index contributed by atoms with van der Waals surface area (Å²) in [5.41, 5.74) is 11.0. The predicted octanol–water partition coefficient (Wildman–Crippen LogP) is 0.752. The maximum absolute atomic E-state index is 13.0. The summed E-state index contributed by atoms with van der Waals surface area (Å²) in [6, 6.07) is 3.59. The molecule has 0 unspecified atom stereocenters. The van der Waals surface area contributed by atoms with Crippen molar-refractivity contribution in [2.45, 2.75) is 12.5 Å². The second-order valence-corrected chi connectivity index (χ2v) is 3.16. The summed E-state index contributed by atoms with van der Waals surface area (Å²) in [5.74, 6) is -1.14. The van der Waals surface area contributed by atoms with Crippen LogP contribution >= 0.6 is 0 Å². The van der Waals surface area contributed by atoms with Gasteiger partial charge in [0.2, 0.25) is 0 Å². The lowest BCUT2D eigenvalue weighted by atomic mass is 10.0. The van der Waals surface area contributed by atoms with E-state index in [0.29, 0.717) is 18.5 Å². The molecule has 4 nitrogen and oxygen atoms in total. The lowest BCUT2D eigenvalue weighted by molar-refractivity contribution is 0.450. The van der Waals surface area contributed by atoms with E-state index in [-0.39, 0.29) is 5.56 Å². The standard InChI is InChI=1S/C10H12FN3O/c11-8-2-1-6(9(14)3-4-12)10(15)7(8)5-13/h1-2,9,15H,3-4,12,14H2/t9-/m1/s1. The van der Waals surface area contributed by atoms with Crippen LogP contribution in [0.15, 0.2) is 12.1 Å². The van der Waals surface area contributed by atoms with Gasteiger partial charge in [0.25, 0.3) is 0 Å². The quantitative estimate of drug-likeness (QED) is 0.684. The van der Waals surface area contributed by atoms with E-state index in [0.717, 1.165) is 6.07 Å². The summed E-state index contributed by atoms with van der Waals surface area (Å²) in [5, 5.41) is 18.2. The van der Waals surface area contributed by atoms with Crippen molar-refractivity contribution >= 4 is 0 Å². The van der Waals surface area contributed by atoms with Crippen LogP contribution in [-0.2, 0) is 0 Å². The third-order valence-electron chi connectivity index (χ3n) is 2.15. The van der Waals surface area contributed by atoms with Crippen LogP contribution in [0.5, 0.6) is 5.75 Å². The van der Waals surface area contributed by atoms with E-state index < -0.39 is 17.6 Å². The van der Waals surface area contributed by atoms with Crippen molar-refractivity contribution in [1.82, 2.24) is 0 Å². The van der Waals surface area contributed by atoms with Gasteiger partial charge >= 0.3 is 0 Å². The zero-order chi connectivity index (χ0) is 11.4. The minimum absolute atomic E-state index is 0.346. The molecule has 1 rings (SSSR count). The average molecular weight is 209 g/mol. The Bertz CT molecular complexity index is 400. The van der Waals surface area contributed by atoms with E-state index >= 15 is 0 Å². The van der Waals surface area contributed by atoms with Gasteiger partial charge in [0.15, 0.2) is 0 Å². The van der Waals surface area contributed by atoms with Crippen LogP contribution < -0.4 is 11.5 Å². The Morgan fingerprint density at radius 2 is 2.20 bits per heavy atom. The molecule has 0 saturated carbocycles. The van der Waals surface area contributed by atoms with Crippen molar-refractivity contribution in [2.75, 3.05) is 6.54 Å². The Labute approximate surface area is 86.9 Å². The fourth-order valence-electron chi connectivity index (χ4n) is 1.32. The van der Waals surface area contributed by atoms with Crippen molar-refractivity contribution in [3.63, 3.8) is 0 Å². The maximum Gasteiger partial charge on any atom is 0.144 e. The molecule has 80 valence electrons. The van der Waals surface area contributed by atoms with E-state index in [1.54, 1.807) is 6.07 Å². The Balaban J connectivity index is 3.17. The van der Waals surface area contributed by atoms with Gasteiger partial charge in [0, 0.05) is 11.6 Å². The van der Waals surface area contributed by atoms with Crippen molar-refractivity contribution in [2.24, 2.45) is 11.5 Å². The highest BCUT2D eigenvalue weighted by atomic mass is 19.1. The third-order valence-corrected chi connectivity index (χ3v) is 2.15. The van der Waals surface area contributed by atoms with Crippen LogP contribution in [0.4, 0.5) is 4.39 Å². The summed E-state index contributed by atoms with van der Waals surface area (Å²) in [6.07, 6.45) is 0.462. The van der Waals surface area contributed by atoms with Gasteiger partial charge in [0.1, 0.15) is 23.2 Å². The van der Waals surface area contributed by atoms with Crippen molar-refractivity contribution in [3.8, 4) is 11.8 Å². The molecule has 0 fully saturated rings. The summed E-state index contributed by atoms with van der Waals surface area (Å²) >= 11 is 0. The Morgan fingerprint density at radius 1 is 1.53 bits per heavy atom. The zero-order valence-electron chi connectivity index (χ0n) is 8.07. The lowest BCUT2D eigenvalue weighted by Crippen LogP contribution is -2.15. The number of aromatic hydroxyl groups is 1. The Kier molecular flexibility index (Phi) is 3.61. The largest absolute Gasteiger partial charge is 0.506 e. The number of benzene rings is 1. The summed E-state index contributed by atoms with van der Waals surface area (Å²) in [6.45, 7) is 0.361. The van der Waals surface area contributed by atoms with Gasteiger partial charge < -0.3 is 16.6 Å². The van der Waals surface area contributed by atoms with E-state index in [1.165, 1.54) is 6.07 Å². The van der Waals surface area contributed by atoms with Gasteiger partial charge in [-0.3, -0.25) is 0 Å². The molecule has 0 aliphatic carbocycles. The molecular formula is C10H12FN3O. The monoisotopic (exact) mass is 209 g/mol. The molecular weight excluding hydrogens is 197 g/mol. The summed E-state index contributed by atoms with van der Waals surface area (Å²) in [7, 11) is 0. The van der Waals surface area contributed by atoms with Gasteiger partial charge in [0.05, 0.1) is 0 Å². The molecule has 0 amide bonds. The smallest absolute Gasteiger partial charge is 0.144 e. The highest BCUT2D eigenvalue weighted by Gasteiger charge is 2.16. The van der Waals surface area contributed by atoms with Gasteiger partial charge in [-0.2, -0.15) is 5.26 Å². The number of hydrogen-bond acceptors (Lipinski definition) is 4. The highest BCUT2D eigenvalue weighted by molar-refractivity contribution is 5.49. The van der Waals surface area contributed by atoms with Gasteiger partial charge in [-0.05, 0) is 19.0 Å². The average Bonchev–Trinajstić information content (AvgIpc) is 2.18. The number of hydrogen-bond donors (Lipinski definition) is 3. The number of phenolic OH excluding ortho intramolecular Hbond substituents is 1. The predicted molar refractivity (Wildman–Crippen MR) is 53.4 cm³/mol. The fraction of sp³-hybridized carbons (Fsp3) is 0.300. The number of nitrogens with zero attached hydrogens (tertiary/aromatic N) is 1. The fourth-order valence-corrected chi connectivity index (χ4v) is 1.32. The van der Waals surface area contributed by atoms with E-state index in [2.05, 4.69) is 0 Å². The molecule has 0 radical (unpaired) electrons. The van der Waals surface area contributed by atoms with E-state index in [9.17, 15) is 9.50 Å². The first-order chi connectivity index (χ1) is 7.11. The van der Waals surface area contributed by atoms with Gasteiger partial charge in [-0.25, -0.2) is 4.39 Å². The first kappa shape index (κ1) is 11.4. The number of halogens is 1. The molecule has 0 bridgehead atoms.